The largest absolute Gasteiger partial charge is 0.481 e. The van der Waals surface area contributed by atoms with Crippen molar-refractivity contribution in [1.29, 1.82) is 0 Å². The van der Waals surface area contributed by atoms with Crippen LogP contribution in [0.4, 0.5) is 4.39 Å². The summed E-state index contributed by atoms with van der Waals surface area (Å²) in [6.45, 7) is 3.50. The summed E-state index contributed by atoms with van der Waals surface area (Å²) < 4.78 is 14.1. The molecular formula is C24H29FO4. The molecule has 2 aliphatic rings. The molecule has 0 heterocycles. The molecule has 4 nitrogen and oxygen atoms in total. The Labute approximate surface area is 171 Å². The molecule has 1 saturated carbocycles. The van der Waals surface area contributed by atoms with Gasteiger partial charge in [0.15, 0.2) is 0 Å². The van der Waals surface area contributed by atoms with Crippen molar-refractivity contribution in [2.45, 2.75) is 64.7 Å². The highest BCUT2D eigenvalue weighted by atomic mass is 19.1. The zero-order valence-electron chi connectivity index (χ0n) is 17.1. The molecule has 0 aliphatic heterocycles. The second kappa shape index (κ2) is 8.52. The molecular weight excluding hydrogens is 371 g/mol. The quantitative estimate of drug-likeness (QED) is 0.650. The summed E-state index contributed by atoms with van der Waals surface area (Å²) in [5.74, 6) is -3.17. The first kappa shape index (κ1) is 21.3. The summed E-state index contributed by atoms with van der Waals surface area (Å²) in [6.07, 6.45) is 10.0. The molecule has 0 saturated heterocycles. The second-order valence-electron chi connectivity index (χ2n) is 8.62. The lowest BCUT2D eigenvalue weighted by atomic mass is 9.61. The Balaban J connectivity index is 2.11. The van der Waals surface area contributed by atoms with Crippen LogP contribution < -0.4 is 0 Å². The summed E-state index contributed by atoms with van der Waals surface area (Å²) in [4.78, 5) is 24.8. The van der Waals surface area contributed by atoms with Crippen molar-refractivity contribution in [2.24, 2.45) is 11.3 Å². The van der Waals surface area contributed by atoms with Crippen LogP contribution in [0.2, 0.25) is 0 Å². The topological polar surface area (TPSA) is 74.6 Å². The first-order valence-corrected chi connectivity index (χ1v) is 10.4. The number of carbonyl (C=O) groups is 2. The molecule has 2 aliphatic carbocycles. The molecule has 1 aromatic carbocycles. The number of hydrogen-bond acceptors (Lipinski definition) is 2. The number of hydrogen-bond donors (Lipinski definition) is 2. The monoisotopic (exact) mass is 400 g/mol. The lowest BCUT2D eigenvalue weighted by Crippen LogP contribution is -2.41. The van der Waals surface area contributed by atoms with Gasteiger partial charge in [-0.2, -0.15) is 0 Å². The van der Waals surface area contributed by atoms with Crippen LogP contribution in [0.3, 0.4) is 0 Å². The Hall–Kier alpha value is -2.43. The number of halogens is 1. The summed E-state index contributed by atoms with van der Waals surface area (Å²) in [7, 11) is 0. The minimum atomic E-state index is -1.40. The Kier molecular flexibility index (Phi) is 6.25. The van der Waals surface area contributed by atoms with Crippen molar-refractivity contribution in [1.82, 2.24) is 0 Å². The average Bonchev–Trinajstić information content (AvgIpc) is 2.68. The lowest BCUT2D eigenvalue weighted by Gasteiger charge is -2.40. The van der Waals surface area contributed by atoms with Crippen molar-refractivity contribution >= 4 is 11.9 Å². The van der Waals surface area contributed by atoms with Gasteiger partial charge in [0.05, 0.1) is 5.41 Å². The number of aliphatic carboxylic acids is 2. The molecule has 0 aromatic heterocycles. The fourth-order valence-corrected chi connectivity index (χ4v) is 5.12. The number of aryl methyl sites for hydroxylation is 1. The van der Waals surface area contributed by atoms with E-state index in [-0.39, 0.29) is 5.57 Å². The molecule has 3 rings (SSSR count). The van der Waals surface area contributed by atoms with Gasteiger partial charge in [-0.3, -0.25) is 4.79 Å². The maximum Gasteiger partial charge on any atom is 0.332 e. The van der Waals surface area contributed by atoms with Crippen LogP contribution in [0.25, 0.3) is 0 Å². The van der Waals surface area contributed by atoms with Gasteiger partial charge in [0.25, 0.3) is 0 Å². The minimum Gasteiger partial charge on any atom is -0.481 e. The van der Waals surface area contributed by atoms with Gasteiger partial charge in [-0.15, -0.1) is 0 Å². The Morgan fingerprint density at radius 1 is 1.14 bits per heavy atom. The van der Waals surface area contributed by atoms with Crippen LogP contribution in [0.5, 0.6) is 0 Å². The second-order valence-corrected chi connectivity index (χ2v) is 8.62. The predicted octanol–water partition coefficient (Wildman–Crippen LogP) is 5.62. The first-order valence-electron chi connectivity index (χ1n) is 10.4. The molecule has 1 aromatic rings. The molecule has 156 valence electrons. The van der Waals surface area contributed by atoms with Crippen LogP contribution in [0, 0.1) is 24.1 Å². The predicted molar refractivity (Wildman–Crippen MR) is 109 cm³/mol. The van der Waals surface area contributed by atoms with E-state index in [1.807, 2.05) is 0 Å². The van der Waals surface area contributed by atoms with Crippen LogP contribution in [0.15, 0.2) is 41.5 Å². The highest BCUT2D eigenvalue weighted by Crippen LogP contribution is 2.51. The van der Waals surface area contributed by atoms with Crippen molar-refractivity contribution in [3.8, 4) is 0 Å². The molecule has 29 heavy (non-hydrogen) atoms. The van der Waals surface area contributed by atoms with E-state index < -0.39 is 29.1 Å². The SMILES string of the molecule is CC1=CC(CCC2CCCCC2)(C(=O)O)C(c2cc(F)ccc2C)C(C(=O)O)=C1. The van der Waals surface area contributed by atoms with Gasteiger partial charge >= 0.3 is 11.9 Å². The van der Waals surface area contributed by atoms with Crippen molar-refractivity contribution in [3.63, 3.8) is 0 Å². The molecule has 5 heteroatoms. The Morgan fingerprint density at radius 3 is 2.45 bits per heavy atom. The van der Waals surface area contributed by atoms with E-state index in [4.69, 9.17) is 0 Å². The van der Waals surface area contributed by atoms with E-state index in [1.165, 1.54) is 24.6 Å². The van der Waals surface area contributed by atoms with Gasteiger partial charge in [-0.25, -0.2) is 9.18 Å². The number of rotatable bonds is 6. The maximum atomic E-state index is 14.1. The lowest BCUT2D eigenvalue weighted by molar-refractivity contribution is -0.148. The number of benzene rings is 1. The van der Waals surface area contributed by atoms with Crippen molar-refractivity contribution in [3.05, 3.63) is 58.4 Å². The smallest absolute Gasteiger partial charge is 0.332 e. The van der Waals surface area contributed by atoms with Crippen molar-refractivity contribution in [2.75, 3.05) is 0 Å². The fourth-order valence-electron chi connectivity index (χ4n) is 5.12. The molecule has 0 radical (unpaired) electrons. The third-order valence-electron chi connectivity index (χ3n) is 6.58. The van der Waals surface area contributed by atoms with Crippen LogP contribution in [0.1, 0.15) is 68.9 Å². The molecule has 0 spiro atoms. The zero-order chi connectivity index (χ0) is 21.2. The van der Waals surface area contributed by atoms with E-state index in [0.29, 0.717) is 29.0 Å². The van der Waals surface area contributed by atoms with E-state index in [9.17, 15) is 24.2 Å². The van der Waals surface area contributed by atoms with Gasteiger partial charge in [-0.1, -0.05) is 49.8 Å². The Morgan fingerprint density at radius 2 is 1.83 bits per heavy atom. The number of allylic oxidation sites excluding steroid dienone is 2. The van der Waals surface area contributed by atoms with E-state index in [1.54, 1.807) is 26.0 Å². The van der Waals surface area contributed by atoms with E-state index in [2.05, 4.69) is 0 Å². The van der Waals surface area contributed by atoms with Gasteiger partial charge in [0.1, 0.15) is 5.82 Å². The first-order chi connectivity index (χ1) is 13.7. The molecule has 2 unspecified atom stereocenters. The normalized spacial score (nSPS) is 25.3. The van der Waals surface area contributed by atoms with Gasteiger partial charge in [0.2, 0.25) is 0 Å². The van der Waals surface area contributed by atoms with Crippen molar-refractivity contribution < 1.29 is 24.2 Å². The third kappa shape index (κ3) is 4.29. The van der Waals surface area contributed by atoms with E-state index in [0.717, 1.165) is 32.1 Å². The Bertz CT molecular complexity index is 864. The third-order valence-corrected chi connectivity index (χ3v) is 6.58. The summed E-state index contributed by atoms with van der Waals surface area (Å²) in [5, 5.41) is 20.3. The summed E-state index contributed by atoms with van der Waals surface area (Å²) in [6, 6.07) is 4.20. The molecule has 2 N–H and O–H groups in total. The van der Waals surface area contributed by atoms with Crippen LogP contribution in [-0.2, 0) is 9.59 Å². The number of carboxylic acids is 2. The van der Waals surface area contributed by atoms with Gasteiger partial charge < -0.3 is 10.2 Å². The standard InChI is InChI=1S/C24H29FO4/c1-15-12-20(22(26)27)21(19-13-18(25)9-8-16(19)2)24(14-15,23(28)29)11-10-17-6-4-3-5-7-17/h8-9,12-14,17,21H,3-7,10-11H2,1-2H3,(H,26,27)(H,28,29). The minimum absolute atomic E-state index is 0.0183. The molecule has 2 atom stereocenters. The maximum absolute atomic E-state index is 14.1. The van der Waals surface area contributed by atoms with E-state index >= 15 is 0 Å². The average molecular weight is 400 g/mol. The zero-order valence-corrected chi connectivity index (χ0v) is 17.1. The summed E-state index contributed by atoms with van der Waals surface area (Å²) >= 11 is 0. The van der Waals surface area contributed by atoms with Gasteiger partial charge in [-0.05, 0) is 61.9 Å². The molecule has 0 amide bonds. The van der Waals surface area contributed by atoms with Gasteiger partial charge in [0, 0.05) is 11.5 Å². The fraction of sp³-hybridized carbons (Fsp3) is 0.500. The molecule has 1 fully saturated rings. The highest BCUT2D eigenvalue weighted by Gasteiger charge is 2.50. The van der Waals surface area contributed by atoms with Crippen LogP contribution in [-0.4, -0.2) is 22.2 Å². The highest BCUT2D eigenvalue weighted by molar-refractivity contribution is 5.93. The molecule has 0 bridgehead atoms. The van der Waals surface area contributed by atoms with Crippen LogP contribution >= 0.6 is 0 Å². The summed E-state index contributed by atoms with van der Waals surface area (Å²) in [5.41, 5.74) is 0.375. The number of carboxylic acid groups (broad SMARTS) is 2.